The molecule has 2 fully saturated rings. The molecule has 2 saturated heterocycles. The highest BCUT2D eigenvalue weighted by Gasteiger charge is 2.45. The van der Waals surface area contributed by atoms with Gasteiger partial charge in [-0.1, -0.05) is 23.7 Å². The highest BCUT2D eigenvalue weighted by Crippen LogP contribution is 2.37. The molecule has 0 radical (unpaired) electrons. The summed E-state index contributed by atoms with van der Waals surface area (Å²) in [4.78, 5) is 15.3. The van der Waals surface area contributed by atoms with E-state index in [9.17, 15) is 13.2 Å². The van der Waals surface area contributed by atoms with Crippen LogP contribution in [0.5, 0.6) is 5.75 Å². The van der Waals surface area contributed by atoms with Gasteiger partial charge in [-0.05, 0) is 42.0 Å². The molecule has 2 aliphatic rings. The first kappa shape index (κ1) is 22.1. The Hall–Kier alpha value is -2.13. The normalized spacial score (nSPS) is 22.5. The van der Waals surface area contributed by atoms with Crippen molar-refractivity contribution in [1.82, 2.24) is 9.21 Å². The zero-order valence-electron chi connectivity index (χ0n) is 17.2. The number of amides is 1. The summed E-state index contributed by atoms with van der Waals surface area (Å²) in [5.74, 6) is -0.0294. The quantitative estimate of drug-likeness (QED) is 0.679. The average molecular weight is 465 g/mol. The lowest BCUT2D eigenvalue weighted by atomic mass is 9.88. The molecule has 0 aliphatic carbocycles. The van der Waals surface area contributed by atoms with E-state index in [-0.39, 0.29) is 29.8 Å². The van der Waals surface area contributed by atoms with Gasteiger partial charge in [0.25, 0.3) is 0 Å². The fourth-order valence-electron chi connectivity index (χ4n) is 4.18. The predicted octanol–water partition coefficient (Wildman–Crippen LogP) is 2.61. The van der Waals surface area contributed by atoms with Gasteiger partial charge in [-0.3, -0.25) is 4.79 Å². The first-order valence-corrected chi connectivity index (χ1v) is 12.0. The number of carbonyl (C=O) groups excluding carboxylic acids is 1. The Morgan fingerprint density at radius 1 is 1.03 bits per heavy atom. The Balaban J connectivity index is 1.65. The maximum Gasteiger partial charge on any atom is 0.243 e. The van der Waals surface area contributed by atoms with Gasteiger partial charge in [-0.25, -0.2) is 8.42 Å². The van der Waals surface area contributed by atoms with Gasteiger partial charge in [-0.2, -0.15) is 4.31 Å². The molecule has 0 spiro atoms. The molecular formula is C22H25ClN2O5S. The zero-order chi connectivity index (χ0) is 22.0. The standard InChI is InChI=1S/C22H25ClN2O5S/c1-29-18-6-2-16(3-7-18)20-14-25(31(27,28)19-8-4-17(23)5-9-19)15-21(20)22(26)24-10-12-30-13-11-24/h2-9,20-21H,10-15H2,1H3. The molecule has 1 amide bonds. The van der Waals surface area contributed by atoms with Gasteiger partial charge in [-0.15, -0.1) is 0 Å². The van der Waals surface area contributed by atoms with Crippen LogP contribution in [0.15, 0.2) is 53.4 Å². The minimum absolute atomic E-state index is 0.0297. The molecule has 0 aromatic heterocycles. The van der Waals surface area contributed by atoms with Crippen LogP contribution in [0.4, 0.5) is 0 Å². The van der Waals surface area contributed by atoms with Crippen LogP contribution < -0.4 is 4.74 Å². The largest absolute Gasteiger partial charge is 0.497 e. The summed E-state index contributed by atoms with van der Waals surface area (Å²) in [5.41, 5.74) is 0.918. The van der Waals surface area contributed by atoms with E-state index in [4.69, 9.17) is 21.1 Å². The molecule has 31 heavy (non-hydrogen) atoms. The van der Waals surface area contributed by atoms with Crippen molar-refractivity contribution >= 4 is 27.5 Å². The number of halogens is 1. The summed E-state index contributed by atoms with van der Waals surface area (Å²) >= 11 is 5.92. The minimum Gasteiger partial charge on any atom is -0.497 e. The number of nitrogens with zero attached hydrogens (tertiary/aromatic N) is 2. The Bertz CT molecular complexity index is 1020. The van der Waals surface area contributed by atoms with Crippen molar-refractivity contribution in [3.63, 3.8) is 0 Å². The molecule has 2 aromatic rings. The second-order valence-electron chi connectivity index (χ2n) is 7.70. The average Bonchev–Trinajstić information content (AvgIpc) is 3.26. The van der Waals surface area contributed by atoms with Crippen molar-refractivity contribution in [2.75, 3.05) is 46.5 Å². The van der Waals surface area contributed by atoms with E-state index in [1.807, 2.05) is 24.3 Å². The molecule has 4 rings (SSSR count). The van der Waals surface area contributed by atoms with Crippen LogP contribution in [0.25, 0.3) is 0 Å². The van der Waals surface area contributed by atoms with E-state index in [0.717, 1.165) is 5.56 Å². The number of carbonyl (C=O) groups is 1. The van der Waals surface area contributed by atoms with Crippen molar-refractivity contribution in [3.8, 4) is 5.75 Å². The Morgan fingerprint density at radius 3 is 2.29 bits per heavy atom. The third kappa shape index (κ3) is 4.57. The molecule has 0 bridgehead atoms. The number of ether oxygens (including phenoxy) is 2. The Labute approximate surface area is 187 Å². The maximum absolute atomic E-state index is 13.4. The molecule has 2 aliphatic heterocycles. The third-order valence-corrected chi connectivity index (χ3v) is 8.02. The second-order valence-corrected chi connectivity index (χ2v) is 10.1. The number of rotatable bonds is 5. The van der Waals surface area contributed by atoms with Gasteiger partial charge in [0.2, 0.25) is 15.9 Å². The highest BCUT2D eigenvalue weighted by atomic mass is 35.5. The number of sulfonamides is 1. The molecule has 0 saturated carbocycles. The van der Waals surface area contributed by atoms with E-state index < -0.39 is 15.9 Å². The van der Waals surface area contributed by atoms with E-state index in [1.165, 1.54) is 16.4 Å². The van der Waals surface area contributed by atoms with Gasteiger partial charge in [0.1, 0.15) is 5.75 Å². The lowest BCUT2D eigenvalue weighted by molar-refractivity contribution is -0.139. The van der Waals surface area contributed by atoms with E-state index in [0.29, 0.717) is 37.1 Å². The molecule has 0 N–H and O–H groups in total. The second kappa shape index (κ2) is 9.16. The molecule has 7 nitrogen and oxygen atoms in total. The van der Waals surface area contributed by atoms with Gasteiger partial charge in [0.15, 0.2) is 0 Å². The first-order chi connectivity index (χ1) is 14.9. The van der Waals surface area contributed by atoms with Gasteiger partial charge in [0.05, 0.1) is 31.1 Å². The van der Waals surface area contributed by atoms with E-state index >= 15 is 0 Å². The molecule has 2 atom stereocenters. The van der Waals surface area contributed by atoms with Gasteiger partial charge in [0, 0.05) is 37.1 Å². The smallest absolute Gasteiger partial charge is 0.243 e. The van der Waals surface area contributed by atoms with Crippen LogP contribution in [0.1, 0.15) is 11.5 Å². The number of morpholine rings is 1. The van der Waals surface area contributed by atoms with Crippen LogP contribution >= 0.6 is 11.6 Å². The summed E-state index contributed by atoms with van der Waals surface area (Å²) in [6.45, 7) is 2.41. The SMILES string of the molecule is COc1ccc(C2CN(S(=O)(=O)c3ccc(Cl)cc3)CC2C(=O)N2CCOCC2)cc1. The summed E-state index contributed by atoms with van der Waals surface area (Å²) < 4.78 is 38.6. The Morgan fingerprint density at radius 2 is 1.68 bits per heavy atom. The predicted molar refractivity (Wildman–Crippen MR) is 117 cm³/mol. The minimum atomic E-state index is -3.75. The summed E-state index contributed by atoms with van der Waals surface area (Å²) in [5, 5.41) is 0.469. The number of benzene rings is 2. The number of hydrogen-bond donors (Lipinski definition) is 0. The Kier molecular flexibility index (Phi) is 6.52. The molecule has 2 unspecified atom stereocenters. The fourth-order valence-corrected chi connectivity index (χ4v) is 5.79. The summed E-state index contributed by atoms with van der Waals surface area (Å²) in [6, 6.07) is 13.6. The van der Waals surface area contributed by atoms with Crippen LogP contribution in [0.3, 0.4) is 0 Å². The van der Waals surface area contributed by atoms with E-state index in [2.05, 4.69) is 0 Å². The molecule has 2 aromatic carbocycles. The van der Waals surface area contributed by atoms with Crippen molar-refractivity contribution < 1.29 is 22.7 Å². The van der Waals surface area contributed by atoms with Crippen molar-refractivity contribution in [1.29, 1.82) is 0 Å². The topological polar surface area (TPSA) is 76.2 Å². The zero-order valence-corrected chi connectivity index (χ0v) is 18.8. The van der Waals surface area contributed by atoms with Crippen molar-refractivity contribution in [3.05, 3.63) is 59.1 Å². The maximum atomic E-state index is 13.4. The number of hydrogen-bond acceptors (Lipinski definition) is 5. The molecule has 166 valence electrons. The highest BCUT2D eigenvalue weighted by molar-refractivity contribution is 7.89. The summed E-state index contributed by atoms with van der Waals surface area (Å²) in [6.07, 6.45) is 0. The monoisotopic (exact) mass is 464 g/mol. The van der Waals surface area contributed by atoms with Crippen LogP contribution in [0.2, 0.25) is 5.02 Å². The molecular weight excluding hydrogens is 440 g/mol. The van der Waals surface area contributed by atoms with Crippen LogP contribution in [-0.2, 0) is 19.6 Å². The van der Waals surface area contributed by atoms with Crippen LogP contribution in [-0.4, -0.2) is 70.0 Å². The van der Waals surface area contributed by atoms with E-state index in [1.54, 1.807) is 24.1 Å². The fraction of sp³-hybridized carbons (Fsp3) is 0.409. The van der Waals surface area contributed by atoms with Crippen molar-refractivity contribution in [2.24, 2.45) is 5.92 Å². The van der Waals surface area contributed by atoms with Gasteiger partial charge < -0.3 is 14.4 Å². The van der Waals surface area contributed by atoms with Gasteiger partial charge >= 0.3 is 0 Å². The molecule has 9 heteroatoms. The van der Waals surface area contributed by atoms with Crippen molar-refractivity contribution in [2.45, 2.75) is 10.8 Å². The lowest BCUT2D eigenvalue weighted by Gasteiger charge is -2.31. The third-order valence-electron chi connectivity index (χ3n) is 5.92. The molecule has 2 heterocycles. The summed E-state index contributed by atoms with van der Waals surface area (Å²) in [7, 11) is -2.16. The lowest BCUT2D eigenvalue weighted by Crippen LogP contribution is -2.45. The number of methoxy groups -OCH3 is 1. The first-order valence-electron chi connectivity index (χ1n) is 10.2. The van der Waals surface area contributed by atoms with Crippen LogP contribution in [0, 0.1) is 5.92 Å².